The van der Waals surface area contributed by atoms with Crippen LogP contribution in [0.15, 0.2) is 18.2 Å². The van der Waals surface area contributed by atoms with Crippen molar-refractivity contribution in [3.05, 3.63) is 29.6 Å². The van der Waals surface area contributed by atoms with Crippen LogP contribution in [0.3, 0.4) is 0 Å². The molecule has 18 heavy (non-hydrogen) atoms. The molecule has 0 aliphatic carbocycles. The highest BCUT2D eigenvalue weighted by molar-refractivity contribution is 5.80. The van der Waals surface area contributed by atoms with Crippen molar-refractivity contribution in [3.63, 3.8) is 0 Å². The van der Waals surface area contributed by atoms with Gasteiger partial charge in [-0.05, 0) is 31.5 Å². The molecule has 4 nitrogen and oxygen atoms in total. The highest BCUT2D eigenvalue weighted by Gasteiger charge is 2.18. The Hall–Kier alpha value is -1.62. The van der Waals surface area contributed by atoms with Gasteiger partial charge in [0, 0.05) is 20.1 Å². The minimum Gasteiger partial charge on any atom is -0.478 e. The number of amides is 1. The summed E-state index contributed by atoms with van der Waals surface area (Å²) in [6.45, 7) is 3.36. The zero-order chi connectivity index (χ0) is 13.9. The molecular formula is C13H19FN2O2. The van der Waals surface area contributed by atoms with E-state index < -0.39 is 11.9 Å². The molecule has 0 radical (unpaired) electrons. The summed E-state index contributed by atoms with van der Waals surface area (Å²) in [5, 5.41) is 0. The number of carbonyl (C=O) groups is 1. The molecule has 0 bridgehead atoms. The Kier molecular flexibility index (Phi) is 4.67. The van der Waals surface area contributed by atoms with Crippen LogP contribution in [0.1, 0.15) is 25.5 Å². The maximum Gasteiger partial charge on any atom is 0.262 e. The molecular weight excluding hydrogens is 235 g/mol. The molecule has 1 aromatic carbocycles. The number of benzene rings is 1. The third-order valence-corrected chi connectivity index (χ3v) is 2.57. The summed E-state index contributed by atoms with van der Waals surface area (Å²) in [5.74, 6) is -0.670. The van der Waals surface area contributed by atoms with Gasteiger partial charge in [0.2, 0.25) is 0 Å². The van der Waals surface area contributed by atoms with E-state index in [0.29, 0.717) is 5.56 Å². The predicted octanol–water partition coefficient (Wildman–Crippen LogP) is 1.70. The highest BCUT2D eigenvalue weighted by Crippen LogP contribution is 2.22. The lowest BCUT2D eigenvalue weighted by atomic mass is 10.1. The lowest BCUT2D eigenvalue weighted by Gasteiger charge is -2.19. The van der Waals surface area contributed by atoms with Crippen LogP contribution in [0.2, 0.25) is 0 Å². The van der Waals surface area contributed by atoms with E-state index >= 15 is 0 Å². The number of hydrogen-bond donors (Lipinski definition) is 1. The Labute approximate surface area is 107 Å². The predicted molar refractivity (Wildman–Crippen MR) is 67.8 cm³/mol. The van der Waals surface area contributed by atoms with Gasteiger partial charge in [-0.3, -0.25) is 4.79 Å². The first-order valence-corrected chi connectivity index (χ1v) is 5.75. The molecule has 2 N–H and O–H groups in total. The molecule has 2 atom stereocenters. The SMILES string of the molecule is CC(Oc1ccc(C(C)N)cc1F)C(=O)N(C)C. The monoisotopic (exact) mass is 254 g/mol. The molecule has 100 valence electrons. The fourth-order valence-electron chi connectivity index (χ4n) is 1.50. The highest BCUT2D eigenvalue weighted by atomic mass is 19.1. The smallest absolute Gasteiger partial charge is 0.262 e. The van der Waals surface area contributed by atoms with E-state index in [1.165, 1.54) is 17.0 Å². The number of halogens is 1. The third-order valence-electron chi connectivity index (χ3n) is 2.57. The minimum atomic E-state index is -0.726. The zero-order valence-corrected chi connectivity index (χ0v) is 11.1. The largest absolute Gasteiger partial charge is 0.478 e. The van der Waals surface area contributed by atoms with Crippen LogP contribution in [-0.2, 0) is 4.79 Å². The second-order valence-electron chi connectivity index (χ2n) is 4.47. The molecule has 0 saturated heterocycles. The fraction of sp³-hybridized carbons (Fsp3) is 0.462. The molecule has 0 aromatic heterocycles. The molecule has 0 aliphatic heterocycles. The number of ether oxygens (including phenoxy) is 1. The maximum absolute atomic E-state index is 13.7. The van der Waals surface area contributed by atoms with Crippen LogP contribution < -0.4 is 10.5 Å². The standard InChI is InChI=1S/C13H19FN2O2/c1-8(15)10-5-6-12(11(14)7-10)18-9(2)13(17)16(3)4/h5-9H,15H2,1-4H3. The Balaban J connectivity index is 2.83. The van der Waals surface area contributed by atoms with E-state index in [1.807, 2.05) is 0 Å². The van der Waals surface area contributed by atoms with E-state index in [2.05, 4.69) is 0 Å². The maximum atomic E-state index is 13.7. The summed E-state index contributed by atoms with van der Waals surface area (Å²) < 4.78 is 19.0. The molecule has 0 spiro atoms. The first-order chi connectivity index (χ1) is 8.32. The third kappa shape index (κ3) is 3.43. The van der Waals surface area contributed by atoms with E-state index in [4.69, 9.17) is 10.5 Å². The molecule has 0 heterocycles. The van der Waals surface area contributed by atoms with E-state index in [-0.39, 0.29) is 17.7 Å². The van der Waals surface area contributed by atoms with E-state index in [0.717, 1.165) is 0 Å². The molecule has 0 fully saturated rings. The van der Waals surface area contributed by atoms with Crippen LogP contribution in [0.4, 0.5) is 4.39 Å². The average molecular weight is 254 g/mol. The van der Waals surface area contributed by atoms with Crippen molar-refractivity contribution in [1.82, 2.24) is 4.90 Å². The van der Waals surface area contributed by atoms with Gasteiger partial charge in [-0.2, -0.15) is 0 Å². The summed E-state index contributed by atoms with van der Waals surface area (Å²) in [5.41, 5.74) is 6.34. The van der Waals surface area contributed by atoms with Crippen LogP contribution >= 0.6 is 0 Å². The van der Waals surface area contributed by atoms with Gasteiger partial charge in [0.05, 0.1) is 0 Å². The number of likely N-dealkylation sites (N-methyl/N-ethyl adjacent to an activating group) is 1. The number of nitrogens with zero attached hydrogens (tertiary/aromatic N) is 1. The summed E-state index contributed by atoms with van der Waals surface area (Å²) in [6, 6.07) is 4.27. The van der Waals surface area contributed by atoms with Gasteiger partial charge in [-0.1, -0.05) is 6.07 Å². The van der Waals surface area contributed by atoms with Crippen LogP contribution in [-0.4, -0.2) is 31.0 Å². The average Bonchev–Trinajstić information content (AvgIpc) is 2.30. The number of carbonyl (C=O) groups excluding carboxylic acids is 1. The van der Waals surface area contributed by atoms with Gasteiger partial charge in [0.15, 0.2) is 17.7 Å². The van der Waals surface area contributed by atoms with Crippen molar-refractivity contribution in [3.8, 4) is 5.75 Å². The lowest BCUT2D eigenvalue weighted by molar-refractivity contribution is -0.135. The van der Waals surface area contributed by atoms with Crippen LogP contribution in [0.5, 0.6) is 5.75 Å². The second-order valence-corrected chi connectivity index (χ2v) is 4.47. The molecule has 2 unspecified atom stereocenters. The molecule has 1 rings (SSSR count). The fourth-order valence-corrected chi connectivity index (χ4v) is 1.50. The first kappa shape index (κ1) is 14.4. The summed E-state index contributed by atoms with van der Waals surface area (Å²) in [7, 11) is 3.25. The number of nitrogens with two attached hydrogens (primary N) is 1. The van der Waals surface area contributed by atoms with Gasteiger partial charge >= 0.3 is 0 Å². The van der Waals surface area contributed by atoms with Crippen molar-refractivity contribution in [2.75, 3.05) is 14.1 Å². The molecule has 0 saturated carbocycles. The van der Waals surface area contributed by atoms with Crippen molar-refractivity contribution >= 4 is 5.91 Å². The van der Waals surface area contributed by atoms with Gasteiger partial charge in [0.1, 0.15) is 0 Å². The molecule has 1 amide bonds. The van der Waals surface area contributed by atoms with Gasteiger partial charge < -0.3 is 15.4 Å². The number of rotatable bonds is 4. The van der Waals surface area contributed by atoms with Crippen LogP contribution in [0.25, 0.3) is 0 Å². The Bertz CT molecular complexity index is 433. The van der Waals surface area contributed by atoms with Gasteiger partial charge in [0.25, 0.3) is 5.91 Å². The Morgan fingerprint density at radius 2 is 2.00 bits per heavy atom. The van der Waals surface area contributed by atoms with E-state index in [9.17, 15) is 9.18 Å². The topological polar surface area (TPSA) is 55.6 Å². The van der Waals surface area contributed by atoms with Crippen molar-refractivity contribution in [2.45, 2.75) is 26.0 Å². The van der Waals surface area contributed by atoms with E-state index in [1.54, 1.807) is 34.0 Å². The van der Waals surface area contributed by atoms with Crippen molar-refractivity contribution in [2.24, 2.45) is 5.73 Å². The summed E-state index contributed by atoms with van der Waals surface area (Å²) in [6.07, 6.45) is -0.726. The molecule has 1 aromatic rings. The lowest BCUT2D eigenvalue weighted by Crippen LogP contribution is -2.35. The zero-order valence-electron chi connectivity index (χ0n) is 11.1. The van der Waals surface area contributed by atoms with Gasteiger partial charge in [-0.15, -0.1) is 0 Å². The molecule has 0 aliphatic rings. The Morgan fingerprint density at radius 1 is 1.39 bits per heavy atom. The second kappa shape index (κ2) is 5.82. The normalized spacial score (nSPS) is 13.9. The van der Waals surface area contributed by atoms with Crippen molar-refractivity contribution < 1.29 is 13.9 Å². The quantitative estimate of drug-likeness (QED) is 0.889. The first-order valence-electron chi connectivity index (χ1n) is 5.75. The van der Waals surface area contributed by atoms with Crippen molar-refractivity contribution in [1.29, 1.82) is 0 Å². The minimum absolute atomic E-state index is 0.0575. The Morgan fingerprint density at radius 3 is 2.44 bits per heavy atom. The summed E-state index contributed by atoms with van der Waals surface area (Å²) in [4.78, 5) is 13.0. The summed E-state index contributed by atoms with van der Waals surface area (Å²) >= 11 is 0. The van der Waals surface area contributed by atoms with Crippen LogP contribution in [0, 0.1) is 5.82 Å². The number of hydrogen-bond acceptors (Lipinski definition) is 3. The molecule has 5 heteroatoms. The van der Waals surface area contributed by atoms with Gasteiger partial charge in [-0.25, -0.2) is 4.39 Å².